The molecule has 0 bridgehead atoms. The van der Waals surface area contributed by atoms with Gasteiger partial charge < -0.3 is 26.5 Å². The van der Waals surface area contributed by atoms with Crippen molar-refractivity contribution in [2.75, 3.05) is 18.8 Å². The minimum absolute atomic E-state index is 0.0629. The highest BCUT2D eigenvalue weighted by molar-refractivity contribution is 9.10. The number of aromatic hydroxyl groups is 1. The third-order valence-corrected chi connectivity index (χ3v) is 5.48. The molecule has 0 aliphatic carbocycles. The fourth-order valence-electron chi connectivity index (χ4n) is 3.23. The minimum atomic E-state index is -0.0629. The third kappa shape index (κ3) is 3.35. The van der Waals surface area contributed by atoms with Crippen LogP contribution in [-0.2, 0) is 4.79 Å². The van der Waals surface area contributed by atoms with E-state index in [1.807, 2.05) is 0 Å². The van der Waals surface area contributed by atoms with Crippen LogP contribution < -0.4 is 11.5 Å². The average molecular weight is 417 g/mol. The minimum Gasteiger partial charge on any atom is -0.507 e. The van der Waals surface area contributed by atoms with Crippen molar-refractivity contribution >= 4 is 39.4 Å². The lowest BCUT2D eigenvalue weighted by atomic mass is 10.0. The molecule has 1 aliphatic heterocycles. The van der Waals surface area contributed by atoms with Crippen LogP contribution in [0.15, 0.2) is 41.4 Å². The van der Waals surface area contributed by atoms with Crippen LogP contribution in [0, 0.1) is 0 Å². The number of carbonyl (C=O) groups is 1. The first-order valence-corrected chi connectivity index (χ1v) is 9.05. The van der Waals surface area contributed by atoms with E-state index in [4.69, 9.17) is 11.5 Å². The zero-order valence-electron chi connectivity index (χ0n) is 14.2. The summed E-state index contributed by atoms with van der Waals surface area (Å²) in [6.07, 6.45) is 3.91. The summed E-state index contributed by atoms with van der Waals surface area (Å²) in [5.74, 6) is 0.691. The predicted molar refractivity (Wildman–Crippen MR) is 107 cm³/mol. The van der Waals surface area contributed by atoms with Crippen LogP contribution in [0.3, 0.4) is 0 Å². The molecular formula is C19H21BrN4O2. The zero-order valence-corrected chi connectivity index (χ0v) is 15.8. The number of hydrogen-bond acceptors (Lipinski definition) is 4. The molecule has 0 spiro atoms. The number of carbonyl (C=O) groups excluding carboxylic acids is 1. The Morgan fingerprint density at radius 3 is 2.85 bits per heavy atom. The van der Waals surface area contributed by atoms with Crippen molar-refractivity contribution in [2.45, 2.75) is 12.3 Å². The van der Waals surface area contributed by atoms with Crippen molar-refractivity contribution in [3.63, 3.8) is 0 Å². The third-order valence-electron chi connectivity index (χ3n) is 4.63. The van der Waals surface area contributed by atoms with E-state index in [2.05, 4.69) is 27.5 Å². The molecule has 0 saturated carbocycles. The molecule has 2 heterocycles. The lowest BCUT2D eigenvalue weighted by Gasteiger charge is -2.14. The summed E-state index contributed by atoms with van der Waals surface area (Å²) in [5.41, 5.74) is 14.9. The van der Waals surface area contributed by atoms with Gasteiger partial charge in [0.15, 0.2) is 0 Å². The number of nitrogens with zero attached hydrogens (tertiary/aromatic N) is 1. The molecule has 1 aromatic carbocycles. The van der Waals surface area contributed by atoms with E-state index in [1.165, 1.54) is 6.08 Å². The van der Waals surface area contributed by atoms with Gasteiger partial charge in [-0.25, -0.2) is 0 Å². The molecule has 2 aromatic rings. The molecule has 6 N–H and O–H groups in total. The van der Waals surface area contributed by atoms with Gasteiger partial charge in [0.2, 0.25) is 5.91 Å². The second-order valence-electron chi connectivity index (χ2n) is 6.27. The van der Waals surface area contributed by atoms with Crippen LogP contribution in [0.25, 0.3) is 11.8 Å². The van der Waals surface area contributed by atoms with Crippen molar-refractivity contribution in [1.29, 1.82) is 0 Å². The van der Waals surface area contributed by atoms with E-state index >= 15 is 0 Å². The second-order valence-corrected chi connectivity index (χ2v) is 7.06. The lowest BCUT2D eigenvalue weighted by Crippen LogP contribution is -2.26. The van der Waals surface area contributed by atoms with Crippen molar-refractivity contribution in [1.82, 2.24) is 9.88 Å². The van der Waals surface area contributed by atoms with Crippen molar-refractivity contribution in [3.8, 4) is 5.75 Å². The van der Waals surface area contributed by atoms with E-state index in [-0.39, 0.29) is 17.6 Å². The highest BCUT2D eigenvalue weighted by Crippen LogP contribution is 2.38. The summed E-state index contributed by atoms with van der Waals surface area (Å²) in [6.45, 7) is 4.84. The van der Waals surface area contributed by atoms with Crippen LogP contribution in [0.1, 0.15) is 29.2 Å². The Kier molecular flexibility index (Phi) is 5.08. The number of phenols is 1. The molecule has 1 aliphatic rings. The van der Waals surface area contributed by atoms with Crippen LogP contribution in [-0.4, -0.2) is 34.0 Å². The van der Waals surface area contributed by atoms with Crippen LogP contribution in [0.5, 0.6) is 5.75 Å². The Balaban J connectivity index is 1.90. The Morgan fingerprint density at radius 2 is 2.15 bits per heavy atom. The van der Waals surface area contributed by atoms with Crippen molar-refractivity contribution < 1.29 is 9.90 Å². The number of nitrogen functional groups attached to an aromatic ring is 1. The number of aromatic amines is 1. The quantitative estimate of drug-likeness (QED) is 0.574. The molecule has 3 rings (SSSR count). The molecule has 6 nitrogen and oxygen atoms in total. The number of phenolic OH excluding ortho intramolecular Hbond substituents is 1. The molecule has 7 heteroatoms. The first-order chi connectivity index (χ1) is 12.4. The summed E-state index contributed by atoms with van der Waals surface area (Å²) < 4.78 is 0.825. The Bertz CT molecular complexity index is 888. The molecule has 136 valence electrons. The number of nitrogens with two attached hydrogens (primary N) is 2. The number of likely N-dealkylation sites (tertiary alicyclic amines) is 1. The monoisotopic (exact) mass is 416 g/mol. The van der Waals surface area contributed by atoms with Gasteiger partial charge in [0.05, 0.1) is 0 Å². The van der Waals surface area contributed by atoms with Gasteiger partial charge in [0, 0.05) is 46.0 Å². The van der Waals surface area contributed by atoms with Crippen LogP contribution >= 0.6 is 15.9 Å². The van der Waals surface area contributed by atoms with E-state index in [0.29, 0.717) is 30.2 Å². The Hall–Kier alpha value is -2.67. The highest BCUT2D eigenvalue weighted by Gasteiger charge is 2.29. The molecule has 1 fully saturated rings. The number of aromatic nitrogens is 1. The Labute approximate surface area is 160 Å². The van der Waals surface area contributed by atoms with Gasteiger partial charge in [-0.3, -0.25) is 4.79 Å². The van der Waals surface area contributed by atoms with Crippen molar-refractivity contribution in [3.05, 3.63) is 58.2 Å². The summed E-state index contributed by atoms with van der Waals surface area (Å²) >= 11 is 3.61. The number of amides is 1. The smallest absolute Gasteiger partial charge is 0.245 e. The predicted octanol–water partition coefficient (Wildman–Crippen LogP) is 3.02. The number of hydrogen-bond donors (Lipinski definition) is 4. The maximum atomic E-state index is 11.8. The zero-order chi connectivity index (χ0) is 18.8. The maximum absolute atomic E-state index is 11.8. The van der Waals surface area contributed by atoms with Gasteiger partial charge in [-0.1, -0.05) is 18.7 Å². The number of nitrogens with one attached hydrogen (secondary N) is 1. The van der Waals surface area contributed by atoms with Gasteiger partial charge >= 0.3 is 0 Å². The second kappa shape index (κ2) is 7.29. The topological polar surface area (TPSA) is 108 Å². The van der Waals surface area contributed by atoms with Gasteiger partial charge in [0.1, 0.15) is 11.6 Å². The fraction of sp³-hybridized carbons (Fsp3) is 0.211. The molecule has 1 atom stereocenters. The standard InChI is InChI=1S/C19H21BrN4O2/c1-2-16(26)24-8-7-11(10-24)18-17(20)13(19(22)23-18)9-14(21)12-5-3-4-6-15(12)25/h2-6,9,11,23,25H,1,7-8,10,21-22H2/b14-9-/t11-/m0/s1. The first-order valence-electron chi connectivity index (χ1n) is 8.26. The fourth-order valence-corrected chi connectivity index (χ4v) is 3.98. The van der Waals surface area contributed by atoms with Gasteiger partial charge in [-0.2, -0.15) is 0 Å². The van der Waals surface area contributed by atoms with Gasteiger partial charge in [-0.15, -0.1) is 0 Å². The van der Waals surface area contributed by atoms with Crippen LogP contribution in [0.2, 0.25) is 0 Å². The highest BCUT2D eigenvalue weighted by atomic mass is 79.9. The SMILES string of the molecule is C=CC(=O)N1CC[C@H](c2[nH]c(N)c(/C=C(\N)c3ccccc3O)c2Br)C1. The van der Waals surface area contributed by atoms with Gasteiger partial charge in [0.25, 0.3) is 0 Å². The average Bonchev–Trinajstić information content (AvgIpc) is 3.21. The molecule has 26 heavy (non-hydrogen) atoms. The maximum Gasteiger partial charge on any atom is 0.245 e. The Morgan fingerprint density at radius 1 is 1.42 bits per heavy atom. The normalized spacial score (nSPS) is 17.5. The number of rotatable bonds is 4. The first kappa shape index (κ1) is 18.1. The van der Waals surface area contributed by atoms with Crippen LogP contribution in [0.4, 0.5) is 5.82 Å². The molecule has 0 radical (unpaired) electrons. The molecule has 0 unspecified atom stereocenters. The summed E-state index contributed by atoms with van der Waals surface area (Å²) in [7, 11) is 0. The molecule has 1 amide bonds. The summed E-state index contributed by atoms with van der Waals surface area (Å²) in [5, 5.41) is 9.96. The van der Waals surface area contributed by atoms with E-state index in [9.17, 15) is 9.90 Å². The van der Waals surface area contributed by atoms with E-state index in [1.54, 1.807) is 35.2 Å². The molecule has 1 aromatic heterocycles. The molecular weight excluding hydrogens is 396 g/mol. The number of benzene rings is 1. The number of para-hydroxylation sites is 1. The number of anilines is 1. The van der Waals surface area contributed by atoms with Gasteiger partial charge in [-0.05, 0) is 46.6 Å². The van der Waals surface area contributed by atoms with Crippen molar-refractivity contribution in [2.24, 2.45) is 5.73 Å². The summed E-state index contributed by atoms with van der Waals surface area (Å²) in [4.78, 5) is 16.8. The molecule has 1 saturated heterocycles. The number of H-pyrrole nitrogens is 1. The lowest BCUT2D eigenvalue weighted by molar-refractivity contribution is -0.125. The van der Waals surface area contributed by atoms with E-state index < -0.39 is 0 Å². The number of halogens is 1. The van der Waals surface area contributed by atoms with E-state index in [0.717, 1.165) is 22.2 Å². The summed E-state index contributed by atoms with van der Waals surface area (Å²) in [6, 6.07) is 6.87. The largest absolute Gasteiger partial charge is 0.507 e.